The van der Waals surface area contributed by atoms with Gasteiger partial charge < -0.3 is 9.99 Å². The van der Waals surface area contributed by atoms with Crippen LogP contribution >= 0.6 is 11.3 Å². The molecule has 0 saturated heterocycles. The Balaban J connectivity index is 1.84. The second-order valence-corrected chi connectivity index (χ2v) is 7.54. The lowest BCUT2D eigenvalue weighted by Gasteiger charge is -2.15. The maximum atomic E-state index is 13.2. The van der Waals surface area contributed by atoms with Crippen LogP contribution in [-0.4, -0.2) is 26.4 Å². The predicted octanol–water partition coefficient (Wildman–Crippen LogP) is 3.14. The third-order valence-corrected chi connectivity index (χ3v) is 6.00. The maximum absolute atomic E-state index is 13.2. The van der Waals surface area contributed by atoms with Gasteiger partial charge >= 0.3 is 0 Å². The molecule has 0 aliphatic rings. The molecule has 3 aromatic heterocycles. The van der Waals surface area contributed by atoms with Crippen LogP contribution in [0.5, 0.6) is 0 Å². The molecule has 3 heterocycles. The molecule has 0 aliphatic heterocycles. The van der Waals surface area contributed by atoms with Gasteiger partial charge in [0, 0.05) is 19.5 Å². The van der Waals surface area contributed by atoms with Gasteiger partial charge in [-0.15, -0.1) is 11.3 Å². The Bertz CT molecular complexity index is 1250. The Morgan fingerprint density at radius 1 is 1.36 bits per heavy atom. The van der Waals surface area contributed by atoms with Gasteiger partial charge in [-0.25, -0.2) is 15.1 Å². The molecule has 144 valence electrons. The zero-order valence-corrected chi connectivity index (χ0v) is 16.9. The number of aryl methyl sites for hydroxylation is 1. The minimum absolute atomic E-state index is 0.112. The minimum Gasteiger partial charge on any atom is -0.323 e. The van der Waals surface area contributed by atoms with E-state index in [4.69, 9.17) is 0 Å². The zero-order chi connectivity index (χ0) is 19.8. The molecule has 7 nitrogen and oxygen atoms in total. The first-order valence-electron chi connectivity index (χ1n) is 9.10. The number of fused-ring (bicyclic) bond motifs is 3. The number of nitrogens with one attached hydrogen (secondary N) is 2. The van der Waals surface area contributed by atoms with Gasteiger partial charge in [-0.1, -0.05) is 25.6 Å². The van der Waals surface area contributed by atoms with Gasteiger partial charge in [0.05, 0.1) is 23.1 Å². The minimum atomic E-state index is -0.112. The SMILES string of the molecule is C=Cc1nc2c(s1)c1cnn(Cc3cccc(NNC)c3CC)c(=O)c1n2C. The van der Waals surface area contributed by atoms with Gasteiger partial charge in [0.15, 0.2) is 5.65 Å². The third-order valence-electron chi connectivity index (χ3n) is 4.92. The summed E-state index contributed by atoms with van der Waals surface area (Å²) in [5.74, 6) is 0. The van der Waals surface area contributed by atoms with Crippen molar-refractivity contribution in [2.75, 3.05) is 12.5 Å². The second kappa shape index (κ2) is 7.21. The molecule has 4 rings (SSSR count). The molecule has 0 atom stereocenters. The first kappa shape index (κ1) is 18.4. The van der Waals surface area contributed by atoms with Gasteiger partial charge in [-0.05, 0) is 29.7 Å². The quantitative estimate of drug-likeness (QED) is 0.491. The molecule has 0 radical (unpaired) electrons. The first-order chi connectivity index (χ1) is 13.6. The Morgan fingerprint density at radius 3 is 2.89 bits per heavy atom. The summed E-state index contributed by atoms with van der Waals surface area (Å²) in [5.41, 5.74) is 10.7. The predicted molar refractivity (Wildman–Crippen MR) is 116 cm³/mol. The van der Waals surface area contributed by atoms with E-state index in [1.165, 1.54) is 16.0 Å². The highest BCUT2D eigenvalue weighted by Gasteiger charge is 2.18. The largest absolute Gasteiger partial charge is 0.323 e. The van der Waals surface area contributed by atoms with Crippen molar-refractivity contribution < 1.29 is 0 Å². The topological polar surface area (TPSA) is 76.8 Å². The molecule has 4 aromatic rings. The number of thiazole rings is 1. The van der Waals surface area contributed by atoms with Gasteiger partial charge in [0.1, 0.15) is 10.5 Å². The molecule has 2 N–H and O–H groups in total. The van der Waals surface area contributed by atoms with Gasteiger partial charge in [-0.2, -0.15) is 5.10 Å². The highest BCUT2D eigenvalue weighted by atomic mass is 32.1. The fourth-order valence-corrected chi connectivity index (χ4v) is 4.58. The molecule has 0 bridgehead atoms. The van der Waals surface area contributed by atoms with Crippen LogP contribution in [0.1, 0.15) is 23.1 Å². The summed E-state index contributed by atoms with van der Waals surface area (Å²) in [7, 11) is 3.71. The van der Waals surface area contributed by atoms with Crippen molar-refractivity contribution in [3.63, 3.8) is 0 Å². The average molecular weight is 395 g/mol. The van der Waals surface area contributed by atoms with Crippen molar-refractivity contribution in [1.29, 1.82) is 0 Å². The van der Waals surface area contributed by atoms with Crippen LogP contribution < -0.4 is 16.4 Å². The highest BCUT2D eigenvalue weighted by Crippen LogP contribution is 2.31. The van der Waals surface area contributed by atoms with Crippen molar-refractivity contribution in [3.05, 3.63) is 57.5 Å². The van der Waals surface area contributed by atoms with Crippen molar-refractivity contribution in [1.82, 2.24) is 24.8 Å². The number of nitrogens with zero attached hydrogens (tertiary/aromatic N) is 4. The van der Waals surface area contributed by atoms with E-state index in [1.807, 2.05) is 36.9 Å². The molecular weight excluding hydrogens is 372 g/mol. The van der Waals surface area contributed by atoms with E-state index in [9.17, 15) is 4.79 Å². The lowest BCUT2D eigenvalue weighted by Crippen LogP contribution is -2.25. The van der Waals surface area contributed by atoms with Crippen LogP contribution in [0.2, 0.25) is 0 Å². The molecular formula is C20H22N6OS. The summed E-state index contributed by atoms with van der Waals surface area (Å²) < 4.78 is 4.35. The van der Waals surface area contributed by atoms with E-state index >= 15 is 0 Å². The molecule has 0 amide bonds. The fourth-order valence-electron chi connectivity index (χ4n) is 3.62. The lowest BCUT2D eigenvalue weighted by molar-refractivity contribution is 0.640. The van der Waals surface area contributed by atoms with Crippen LogP contribution in [0.15, 0.2) is 35.8 Å². The van der Waals surface area contributed by atoms with E-state index < -0.39 is 0 Å². The van der Waals surface area contributed by atoms with Crippen LogP contribution in [-0.2, 0) is 20.0 Å². The van der Waals surface area contributed by atoms with E-state index in [2.05, 4.69) is 34.4 Å². The van der Waals surface area contributed by atoms with Gasteiger partial charge in [-0.3, -0.25) is 4.79 Å². The molecule has 0 unspecified atom stereocenters. The van der Waals surface area contributed by atoms with Crippen LogP contribution in [0, 0.1) is 0 Å². The molecule has 1 aromatic carbocycles. The summed E-state index contributed by atoms with van der Waals surface area (Å²) >= 11 is 1.53. The summed E-state index contributed by atoms with van der Waals surface area (Å²) in [6.07, 6.45) is 4.35. The van der Waals surface area contributed by atoms with E-state index in [-0.39, 0.29) is 5.56 Å². The standard InChI is InChI=1S/C20H22N6OS/c1-5-13-12(8-7-9-15(13)24-21-3)11-26-20(27)17-14(10-22-26)18-19(25(17)4)23-16(6-2)28-18/h6-10,21,24H,2,5,11H2,1,3-4H3. The Hall–Kier alpha value is -2.97. The number of hydrazine groups is 1. The highest BCUT2D eigenvalue weighted by molar-refractivity contribution is 7.20. The van der Waals surface area contributed by atoms with Gasteiger partial charge in [0.2, 0.25) is 0 Å². The van der Waals surface area contributed by atoms with Crippen molar-refractivity contribution in [3.8, 4) is 0 Å². The molecule has 0 spiro atoms. The van der Waals surface area contributed by atoms with Crippen molar-refractivity contribution in [2.24, 2.45) is 7.05 Å². The molecule has 0 fully saturated rings. The molecule has 8 heteroatoms. The normalized spacial score (nSPS) is 11.4. The molecule has 28 heavy (non-hydrogen) atoms. The first-order valence-corrected chi connectivity index (χ1v) is 9.91. The second-order valence-electron chi connectivity index (χ2n) is 6.51. The summed E-state index contributed by atoms with van der Waals surface area (Å²) in [6, 6.07) is 6.04. The maximum Gasteiger partial charge on any atom is 0.291 e. The average Bonchev–Trinajstić information content (AvgIpc) is 3.23. The van der Waals surface area contributed by atoms with Crippen molar-refractivity contribution in [2.45, 2.75) is 19.9 Å². The monoisotopic (exact) mass is 394 g/mol. The number of rotatable bonds is 6. The van der Waals surface area contributed by atoms with Crippen molar-refractivity contribution >= 4 is 44.4 Å². The Morgan fingerprint density at radius 2 is 2.18 bits per heavy atom. The fraction of sp³-hybridized carbons (Fsp3) is 0.250. The number of hydrogen-bond acceptors (Lipinski definition) is 6. The number of benzene rings is 1. The number of anilines is 1. The van der Waals surface area contributed by atoms with Crippen LogP contribution in [0.25, 0.3) is 27.3 Å². The van der Waals surface area contributed by atoms with E-state index in [0.717, 1.165) is 44.0 Å². The summed E-state index contributed by atoms with van der Waals surface area (Å²) in [5, 5.41) is 6.14. The molecule has 0 aliphatic carbocycles. The Kier molecular flexibility index (Phi) is 4.74. The van der Waals surface area contributed by atoms with E-state index in [0.29, 0.717) is 12.1 Å². The zero-order valence-electron chi connectivity index (χ0n) is 16.1. The number of aromatic nitrogens is 4. The van der Waals surface area contributed by atoms with E-state index in [1.54, 1.807) is 12.3 Å². The van der Waals surface area contributed by atoms with Crippen LogP contribution in [0.4, 0.5) is 5.69 Å². The Labute approximate surface area is 166 Å². The van der Waals surface area contributed by atoms with Gasteiger partial charge in [0.25, 0.3) is 5.56 Å². The lowest BCUT2D eigenvalue weighted by atomic mass is 10.0. The summed E-state index contributed by atoms with van der Waals surface area (Å²) in [4.78, 5) is 17.7. The molecule has 0 saturated carbocycles. The van der Waals surface area contributed by atoms with Crippen LogP contribution in [0.3, 0.4) is 0 Å². The summed E-state index contributed by atoms with van der Waals surface area (Å²) in [6.45, 7) is 6.30. The third kappa shape index (κ3) is 2.81. The smallest absolute Gasteiger partial charge is 0.291 e. The number of hydrogen-bond donors (Lipinski definition) is 2.